The van der Waals surface area contributed by atoms with Crippen LogP contribution in [0.2, 0.25) is 0 Å². The molecular formula is C14H24O6. The normalized spacial score (nSPS) is 27.7. The third-order valence-corrected chi connectivity index (χ3v) is 3.32. The molecule has 0 aliphatic carbocycles. The Morgan fingerprint density at radius 1 is 0.650 bits per heavy atom. The maximum atomic E-state index is 11.3. The van der Waals surface area contributed by atoms with E-state index in [1.54, 1.807) is 0 Å². The van der Waals surface area contributed by atoms with Crippen molar-refractivity contribution in [2.24, 2.45) is 11.8 Å². The average Bonchev–Trinajstić information content (AvgIpc) is 2.37. The molecule has 116 valence electrons. The lowest BCUT2D eigenvalue weighted by Gasteiger charge is -2.15. The van der Waals surface area contributed by atoms with E-state index in [0.717, 1.165) is 0 Å². The van der Waals surface area contributed by atoms with E-state index in [2.05, 4.69) is 0 Å². The summed E-state index contributed by atoms with van der Waals surface area (Å²) in [5.41, 5.74) is 0. The van der Waals surface area contributed by atoms with Crippen molar-refractivity contribution in [1.29, 1.82) is 0 Å². The van der Waals surface area contributed by atoms with Gasteiger partial charge in [-0.1, -0.05) is 13.8 Å². The second-order valence-electron chi connectivity index (χ2n) is 5.26. The van der Waals surface area contributed by atoms with Crippen molar-refractivity contribution in [2.45, 2.75) is 39.5 Å². The minimum Gasteiger partial charge on any atom is -0.434 e. The van der Waals surface area contributed by atoms with Gasteiger partial charge in [-0.2, -0.15) is 0 Å². The fourth-order valence-electron chi connectivity index (χ4n) is 1.75. The Morgan fingerprint density at radius 2 is 0.900 bits per heavy atom. The highest BCUT2D eigenvalue weighted by Gasteiger charge is 2.12. The topological polar surface area (TPSA) is 71.1 Å². The maximum Gasteiger partial charge on any atom is 0.508 e. The van der Waals surface area contributed by atoms with Crippen LogP contribution in [0.5, 0.6) is 0 Å². The summed E-state index contributed by atoms with van der Waals surface area (Å²) in [7, 11) is 0. The van der Waals surface area contributed by atoms with Crippen LogP contribution in [0.1, 0.15) is 39.5 Å². The van der Waals surface area contributed by atoms with Crippen LogP contribution in [0, 0.1) is 11.8 Å². The van der Waals surface area contributed by atoms with Gasteiger partial charge in [0.1, 0.15) is 0 Å². The molecule has 6 nitrogen and oxygen atoms in total. The summed E-state index contributed by atoms with van der Waals surface area (Å²) in [5, 5.41) is 0. The fourth-order valence-corrected chi connectivity index (χ4v) is 1.75. The second-order valence-corrected chi connectivity index (χ2v) is 5.26. The molecule has 1 rings (SSSR count). The van der Waals surface area contributed by atoms with Crippen molar-refractivity contribution < 1.29 is 28.5 Å². The summed E-state index contributed by atoms with van der Waals surface area (Å²) < 4.78 is 19.9. The molecule has 6 heteroatoms. The molecule has 0 amide bonds. The minimum atomic E-state index is -0.612. The SMILES string of the molecule is CC1CCOC(=O)OCCC(C)CCOC(=O)OCC1. The van der Waals surface area contributed by atoms with Crippen molar-refractivity contribution in [3.05, 3.63) is 0 Å². The number of hydrogen-bond acceptors (Lipinski definition) is 6. The highest BCUT2D eigenvalue weighted by molar-refractivity contribution is 5.60. The fraction of sp³-hybridized carbons (Fsp3) is 0.857. The number of hydrogen-bond donors (Lipinski definition) is 0. The summed E-state index contributed by atoms with van der Waals surface area (Å²) in [6.45, 7) is 5.29. The van der Waals surface area contributed by atoms with Crippen LogP contribution in [0.15, 0.2) is 0 Å². The lowest BCUT2D eigenvalue weighted by atomic mass is 10.1. The van der Waals surface area contributed by atoms with Gasteiger partial charge in [0.05, 0.1) is 26.4 Å². The Bertz CT molecular complexity index is 250. The summed E-state index contributed by atoms with van der Waals surface area (Å²) >= 11 is 0. The van der Waals surface area contributed by atoms with Gasteiger partial charge in [0.25, 0.3) is 0 Å². The van der Waals surface area contributed by atoms with Gasteiger partial charge in [0, 0.05) is 0 Å². The second kappa shape index (κ2) is 9.44. The number of rotatable bonds is 0. The quantitative estimate of drug-likeness (QED) is 0.638. The van der Waals surface area contributed by atoms with Gasteiger partial charge < -0.3 is 18.9 Å². The summed E-state index contributed by atoms with van der Waals surface area (Å²) in [6, 6.07) is 0. The molecule has 0 radical (unpaired) electrons. The van der Waals surface area contributed by atoms with Crippen molar-refractivity contribution >= 4 is 12.3 Å². The molecule has 0 bridgehead atoms. The zero-order valence-electron chi connectivity index (χ0n) is 12.3. The standard InChI is InChI=1S/C14H24O6/c1-11-3-7-17-13(15)19-9-5-12(2)6-10-20-14(16)18-8-4-11/h11-12H,3-10H2,1-2H3. The van der Waals surface area contributed by atoms with Crippen molar-refractivity contribution in [3.8, 4) is 0 Å². The van der Waals surface area contributed by atoms with Crippen molar-refractivity contribution in [3.63, 3.8) is 0 Å². The van der Waals surface area contributed by atoms with Gasteiger partial charge in [0.15, 0.2) is 0 Å². The molecule has 1 aliphatic heterocycles. The molecule has 0 unspecified atom stereocenters. The first kappa shape index (κ1) is 16.6. The van der Waals surface area contributed by atoms with Crippen molar-refractivity contribution in [2.75, 3.05) is 26.4 Å². The molecule has 1 fully saturated rings. The molecule has 0 aromatic rings. The molecule has 1 heterocycles. The van der Waals surface area contributed by atoms with Crippen LogP contribution < -0.4 is 0 Å². The van der Waals surface area contributed by atoms with E-state index in [0.29, 0.717) is 63.9 Å². The first-order valence-electron chi connectivity index (χ1n) is 7.17. The number of carbonyl (C=O) groups excluding carboxylic acids is 2. The molecule has 0 aromatic heterocycles. The van der Waals surface area contributed by atoms with Crippen LogP contribution in [0.3, 0.4) is 0 Å². The van der Waals surface area contributed by atoms with Crippen LogP contribution in [-0.2, 0) is 18.9 Å². The lowest BCUT2D eigenvalue weighted by molar-refractivity contribution is 0.0359. The third-order valence-electron chi connectivity index (χ3n) is 3.32. The van der Waals surface area contributed by atoms with Crippen LogP contribution in [0.4, 0.5) is 9.59 Å². The molecule has 0 saturated carbocycles. The molecule has 0 atom stereocenters. The molecule has 1 saturated heterocycles. The van der Waals surface area contributed by atoms with E-state index < -0.39 is 12.3 Å². The van der Waals surface area contributed by atoms with Crippen LogP contribution in [0.25, 0.3) is 0 Å². The monoisotopic (exact) mass is 288 g/mol. The Morgan fingerprint density at radius 3 is 1.15 bits per heavy atom. The predicted octanol–water partition coefficient (Wildman–Crippen LogP) is 3.14. The number of cyclic esters (lactones) is 4. The van der Waals surface area contributed by atoms with E-state index in [1.807, 2.05) is 13.8 Å². The first-order chi connectivity index (χ1) is 9.58. The molecule has 0 aromatic carbocycles. The van der Waals surface area contributed by atoms with Gasteiger partial charge in [-0.05, 0) is 37.5 Å². The number of carbonyl (C=O) groups is 2. The van der Waals surface area contributed by atoms with E-state index >= 15 is 0 Å². The predicted molar refractivity (Wildman–Crippen MR) is 71.4 cm³/mol. The summed E-state index contributed by atoms with van der Waals surface area (Å²) in [6.07, 6.45) is 1.63. The largest absolute Gasteiger partial charge is 0.508 e. The van der Waals surface area contributed by atoms with E-state index in [4.69, 9.17) is 18.9 Å². The Hall–Kier alpha value is -1.46. The maximum absolute atomic E-state index is 11.3. The Kier molecular flexibility index (Phi) is 7.84. The Balaban J connectivity index is 2.38. The van der Waals surface area contributed by atoms with Gasteiger partial charge in [-0.3, -0.25) is 0 Å². The first-order valence-corrected chi connectivity index (χ1v) is 7.17. The van der Waals surface area contributed by atoms with Gasteiger partial charge in [-0.25, -0.2) is 9.59 Å². The lowest BCUT2D eigenvalue weighted by Crippen LogP contribution is -2.16. The molecule has 0 spiro atoms. The average molecular weight is 288 g/mol. The van der Waals surface area contributed by atoms with Gasteiger partial charge >= 0.3 is 12.3 Å². The van der Waals surface area contributed by atoms with Gasteiger partial charge in [-0.15, -0.1) is 0 Å². The van der Waals surface area contributed by atoms with E-state index in [1.165, 1.54) is 0 Å². The molecule has 0 N–H and O–H groups in total. The van der Waals surface area contributed by atoms with Gasteiger partial charge in [0.2, 0.25) is 0 Å². The van der Waals surface area contributed by atoms with Crippen LogP contribution in [-0.4, -0.2) is 38.7 Å². The van der Waals surface area contributed by atoms with Crippen LogP contribution >= 0.6 is 0 Å². The Labute approximate surface area is 119 Å². The van der Waals surface area contributed by atoms with E-state index in [-0.39, 0.29) is 0 Å². The minimum absolute atomic E-state index is 0.295. The zero-order valence-corrected chi connectivity index (χ0v) is 12.3. The molecule has 20 heavy (non-hydrogen) atoms. The molecular weight excluding hydrogens is 264 g/mol. The zero-order chi connectivity index (χ0) is 14.8. The highest BCUT2D eigenvalue weighted by Crippen LogP contribution is 2.11. The number of ether oxygens (including phenoxy) is 4. The van der Waals surface area contributed by atoms with E-state index in [9.17, 15) is 9.59 Å². The summed E-state index contributed by atoms with van der Waals surface area (Å²) in [5.74, 6) is 0.590. The third kappa shape index (κ3) is 7.86. The van der Waals surface area contributed by atoms with Crippen molar-refractivity contribution in [1.82, 2.24) is 0 Å². The highest BCUT2D eigenvalue weighted by atomic mass is 16.7. The smallest absolute Gasteiger partial charge is 0.434 e. The molecule has 1 aliphatic rings. The summed E-state index contributed by atoms with van der Waals surface area (Å²) in [4.78, 5) is 22.6.